The van der Waals surface area contributed by atoms with Crippen molar-refractivity contribution >= 4 is 40.2 Å². The highest BCUT2D eigenvalue weighted by Crippen LogP contribution is 2.23. The van der Waals surface area contributed by atoms with Gasteiger partial charge < -0.3 is 21.5 Å². The minimum Gasteiger partial charge on any atom is -0.480 e. The molecule has 0 fully saturated rings. The molecule has 2 aromatic carbocycles. The van der Waals surface area contributed by atoms with Crippen molar-refractivity contribution in [3.05, 3.63) is 63.7 Å². The first-order chi connectivity index (χ1) is 14.5. The molecular weight excluding hydrogens is 422 g/mol. The molecule has 2 amide bonds. The normalized spacial score (nSPS) is 12.4. The van der Waals surface area contributed by atoms with Crippen molar-refractivity contribution in [2.45, 2.75) is 32.4 Å². The lowest BCUT2D eigenvalue weighted by Crippen LogP contribution is -2.51. The standard InChI is InChI=1S/C21H22ClN5O4/c1-11(23)17-25-15-9-5-8-14(22)16(15)18(28)27(17)13-7-4-6-12(10-13)24-20(31)26-21(2,3)19(29)30/h4-11H,23H2,1-3H3,(H,29,30)(H2,24,26,31)/t11-/m0/s1. The molecule has 3 rings (SSSR count). The quantitative estimate of drug-likeness (QED) is 0.478. The minimum atomic E-state index is -1.46. The Hall–Kier alpha value is -3.43. The number of carboxylic acids is 1. The molecule has 3 aromatic rings. The van der Waals surface area contributed by atoms with Crippen LogP contribution in [0.4, 0.5) is 10.5 Å². The van der Waals surface area contributed by atoms with E-state index in [0.717, 1.165) is 0 Å². The summed E-state index contributed by atoms with van der Waals surface area (Å²) in [6, 6.07) is 10.2. The lowest BCUT2D eigenvalue weighted by molar-refractivity contribution is -0.142. The zero-order valence-electron chi connectivity index (χ0n) is 17.1. The lowest BCUT2D eigenvalue weighted by atomic mass is 10.1. The minimum absolute atomic E-state index is 0.257. The Morgan fingerprint density at radius 1 is 1.23 bits per heavy atom. The number of carbonyl (C=O) groups is 2. The predicted molar refractivity (Wildman–Crippen MR) is 119 cm³/mol. The summed E-state index contributed by atoms with van der Waals surface area (Å²) in [5, 5.41) is 14.6. The van der Waals surface area contributed by atoms with Gasteiger partial charge in [-0.3, -0.25) is 9.36 Å². The lowest BCUT2D eigenvalue weighted by Gasteiger charge is -2.21. The van der Waals surface area contributed by atoms with Gasteiger partial charge in [0.05, 0.1) is 27.7 Å². The van der Waals surface area contributed by atoms with E-state index in [9.17, 15) is 14.4 Å². The number of benzene rings is 2. The van der Waals surface area contributed by atoms with Crippen LogP contribution in [0.15, 0.2) is 47.3 Å². The Labute approximate surface area is 182 Å². The smallest absolute Gasteiger partial charge is 0.328 e. The monoisotopic (exact) mass is 443 g/mol. The number of fused-ring (bicyclic) bond motifs is 1. The second-order valence-electron chi connectivity index (χ2n) is 7.59. The third-order valence-corrected chi connectivity index (χ3v) is 4.92. The van der Waals surface area contributed by atoms with Crippen LogP contribution in [0.25, 0.3) is 16.6 Å². The van der Waals surface area contributed by atoms with E-state index >= 15 is 0 Å². The molecule has 0 aliphatic carbocycles. The molecule has 5 N–H and O–H groups in total. The highest BCUT2D eigenvalue weighted by Gasteiger charge is 2.29. The van der Waals surface area contributed by atoms with Crippen molar-refractivity contribution in [2.24, 2.45) is 5.73 Å². The van der Waals surface area contributed by atoms with Crippen LogP contribution in [0, 0.1) is 0 Å². The van der Waals surface area contributed by atoms with Gasteiger partial charge in [-0.25, -0.2) is 14.6 Å². The molecule has 0 saturated carbocycles. The Morgan fingerprint density at radius 2 is 1.90 bits per heavy atom. The fraction of sp³-hybridized carbons (Fsp3) is 0.238. The first kappa shape index (κ1) is 22.3. The maximum atomic E-state index is 13.3. The van der Waals surface area contributed by atoms with Gasteiger partial charge in [0.25, 0.3) is 5.56 Å². The molecule has 162 valence electrons. The van der Waals surface area contributed by atoms with Crippen molar-refractivity contribution in [3.63, 3.8) is 0 Å². The molecule has 0 unspecified atom stereocenters. The highest BCUT2D eigenvalue weighted by molar-refractivity contribution is 6.35. The van der Waals surface area contributed by atoms with Gasteiger partial charge >= 0.3 is 12.0 Å². The number of anilines is 1. The summed E-state index contributed by atoms with van der Waals surface area (Å²) in [6.45, 7) is 4.44. The van der Waals surface area contributed by atoms with Crippen LogP contribution in [-0.4, -0.2) is 32.2 Å². The average Bonchev–Trinajstić information content (AvgIpc) is 2.67. The zero-order chi connectivity index (χ0) is 22.9. The first-order valence-corrected chi connectivity index (χ1v) is 9.79. The van der Waals surface area contributed by atoms with Crippen LogP contribution in [0.1, 0.15) is 32.6 Å². The number of urea groups is 1. The molecule has 0 aliphatic rings. The number of amides is 2. The van der Waals surface area contributed by atoms with Crippen molar-refractivity contribution in [2.75, 3.05) is 5.32 Å². The topological polar surface area (TPSA) is 139 Å². The van der Waals surface area contributed by atoms with E-state index in [0.29, 0.717) is 22.7 Å². The summed E-state index contributed by atoms with van der Waals surface area (Å²) in [5.74, 6) is -0.850. The third-order valence-electron chi connectivity index (χ3n) is 4.60. The van der Waals surface area contributed by atoms with E-state index in [2.05, 4.69) is 15.6 Å². The number of nitrogens with zero attached hydrogens (tertiary/aromatic N) is 2. The SMILES string of the molecule is C[C@H](N)c1nc2cccc(Cl)c2c(=O)n1-c1cccc(NC(=O)NC(C)(C)C(=O)O)c1. The number of carboxylic acid groups (broad SMARTS) is 1. The van der Waals surface area contributed by atoms with E-state index in [1.807, 2.05) is 0 Å². The van der Waals surface area contributed by atoms with Crippen LogP contribution in [0.5, 0.6) is 0 Å². The van der Waals surface area contributed by atoms with Crippen molar-refractivity contribution in [1.29, 1.82) is 0 Å². The van der Waals surface area contributed by atoms with Gasteiger partial charge in [-0.1, -0.05) is 23.7 Å². The summed E-state index contributed by atoms with van der Waals surface area (Å²) < 4.78 is 1.35. The van der Waals surface area contributed by atoms with Crippen LogP contribution in [0.3, 0.4) is 0 Å². The maximum absolute atomic E-state index is 13.3. The molecular formula is C21H22ClN5O4. The van der Waals surface area contributed by atoms with E-state index < -0.39 is 29.1 Å². The number of nitrogens with one attached hydrogen (secondary N) is 2. The van der Waals surface area contributed by atoms with Gasteiger partial charge in [-0.2, -0.15) is 0 Å². The van der Waals surface area contributed by atoms with E-state index in [1.54, 1.807) is 49.4 Å². The number of aliphatic carboxylic acids is 1. The number of hydrogen-bond donors (Lipinski definition) is 4. The molecule has 1 aromatic heterocycles. The van der Waals surface area contributed by atoms with Gasteiger partial charge in [0.15, 0.2) is 0 Å². The second kappa shape index (κ2) is 8.37. The number of carbonyl (C=O) groups excluding carboxylic acids is 1. The molecule has 31 heavy (non-hydrogen) atoms. The molecule has 1 heterocycles. The molecule has 0 aliphatic heterocycles. The number of halogens is 1. The fourth-order valence-corrected chi connectivity index (χ4v) is 3.23. The molecule has 0 saturated heterocycles. The Balaban J connectivity index is 2.06. The Bertz CT molecular complexity index is 1240. The van der Waals surface area contributed by atoms with Gasteiger partial charge in [0, 0.05) is 5.69 Å². The number of hydrogen-bond acceptors (Lipinski definition) is 5. The maximum Gasteiger partial charge on any atom is 0.328 e. The summed E-state index contributed by atoms with van der Waals surface area (Å²) >= 11 is 6.24. The van der Waals surface area contributed by atoms with E-state index in [-0.39, 0.29) is 10.4 Å². The fourth-order valence-electron chi connectivity index (χ4n) is 2.98. The van der Waals surface area contributed by atoms with Crippen LogP contribution in [0.2, 0.25) is 5.02 Å². The summed E-state index contributed by atoms with van der Waals surface area (Å²) in [4.78, 5) is 41.3. The van der Waals surface area contributed by atoms with Crippen molar-refractivity contribution < 1.29 is 14.7 Å². The van der Waals surface area contributed by atoms with Crippen LogP contribution < -0.4 is 21.9 Å². The van der Waals surface area contributed by atoms with Gasteiger partial charge in [0.2, 0.25) is 0 Å². The third kappa shape index (κ3) is 4.52. The number of rotatable bonds is 5. The Morgan fingerprint density at radius 3 is 2.55 bits per heavy atom. The van der Waals surface area contributed by atoms with Crippen molar-refractivity contribution in [3.8, 4) is 5.69 Å². The van der Waals surface area contributed by atoms with Gasteiger partial charge in [0.1, 0.15) is 11.4 Å². The zero-order valence-corrected chi connectivity index (χ0v) is 17.9. The van der Waals surface area contributed by atoms with Gasteiger partial charge in [-0.15, -0.1) is 0 Å². The Kier molecular flexibility index (Phi) is 6.01. The van der Waals surface area contributed by atoms with E-state index in [4.69, 9.17) is 22.4 Å². The summed E-state index contributed by atoms with van der Waals surface area (Å²) in [5.41, 5.74) is 5.42. The molecule has 9 nitrogen and oxygen atoms in total. The summed E-state index contributed by atoms with van der Waals surface area (Å²) in [7, 11) is 0. The molecule has 1 atom stereocenters. The molecule has 0 spiro atoms. The predicted octanol–water partition coefficient (Wildman–Crippen LogP) is 3.04. The first-order valence-electron chi connectivity index (χ1n) is 9.41. The van der Waals surface area contributed by atoms with Crippen LogP contribution in [-0.2, 0) is 4.79 Å². The van der Waals surface area contributed by atoms with Crippen LogP contribution >= 0.6 is 11.6 Å². The number of nitrogens with two attached hydrogens (primary N) is 1. The molecule has 0 bridgehead atoms. The molecule has 10 heteroatoms. The average molecular weight is 444 g/mol. The van der Waals surface area contributed by atoms with Gasteiger partial charge in [-0.05, 0) is 51.1 Å². The largest absolute Gasteiger partial charge is 0.480 e. The second-order valence-corrected chi connectivity index (χ2v) is 8.00. The van der Waals surface area contributed by atoms with Crippen molar-refractivity contribution in [1.82, 2.24) is 14.9 Å². The summed E-state index contributed by atoms with van der Waals surface area (Å²) in [6.07, 6.45) is 0. The molecule has 0 radical (unpaired) electrons. The number of aromatic nitrogens is 2. The highest BCUT2D eigenvalue weighted by atomic mass is 35.5. The van der Waals surface area contributed by atoms with E-state index in [1.165, 1.54) is 18.4 Å².